The van der Waals surface area contributed by atoms with Crippen molar-refractivity contribution in [2.75, 3.05) is 13.1 Å². The van der Waals surface area contributed by atoms with Gasteiger partial charge in [-0.2, -0.15) is 4.31 Å². The predicted molar refractivity (Wildman–Crippen MR) is 65.1 cm³/mol. The molecule has 0 saturated carbocycles. The number of halogens is 2. The van der Waals surface area contributed by atoms with Crippen LogP contribution in [0.4, 0.5) is 8.78 Å². The minimum absolute atomic E-state index is 0.0838. The smallest absolute Gasteiger partial charge is 0.249 e. The zero-order chi connectivity index (χ0) is 14.2. The van der Waals surface area contributed by atoms with Gasteiger partial charge in [0.15, 0.2) is 4.90 Å². The zero-order valence-electron chi connectivity index (χ0n) is 10.6. The third kappa shape index (κ3) is 2.77. The maximum Gasteiger partial charge on any atom is 0.249 e. The standard InChI is InChI=1S/C12H15F2NO3S/c1-8-6-15(7-9(2)18-8)19(16,17)12-10(13)4-3-5-11(12)14/h3-5,8-9H,6-7H2,1-2H3/t8-,9+. The first-order chi connectivity index (χ1) is 8.82. The van der Waals surface area contributed by atoms with E-state index in [0.717, 1.165) is 22.5 Å². The summed E-state index contributed by atoms with van der Waals surface area (Å²) in [5, 5.41) is 0. The van der Waals surface area contributed by atoms with Crippen molar-refractivity contribution >= 4 is 10.0 Å². The maximum atomic E-state index is 13.6. The van der Waals surface area contributed by atoms with Gasteiger partial charge >= 0.3 is 0 Å². The first kappa shape index (κ1) is 14.4. The van der Waals surface area contributed by atoms with E-state index in [0.29, 0.717) is 0 Å². The van der Waals surface area contributed by atoms with Crippen molar-refractivity contribution in [3.63, 3.8) is 0 Å². The highest BCUT2D eigenvalue weighted by atomic mass is 32.2. The van der Waals surface area contributed by atoms with Crippen LogP contribution in [0.3, 0.4) is 0 Å². The highest BCUT2D eigenvalue weighted by Gasteiger charge is 2.35. The van der Waals surface area contributed by atoms with Gasteiger partial charge in [-0.15, -0.1) is 0 Å². The van der Waals surface area contributed by atoms with E-state index in [-0.39, 0.29) is 25.3 Å². The van der Waals surface area contributed by atoms with Crippen molar-refractivity contribution in [2.24, 2.45) is 0 Å². The molecule has 7 heteroatoms. The lowest BCUT2D eigenvalue weighted by Crippen LogP contribution is -2.48. The van der Waals surface area contributed by atoms with Crippen LogP contribution in [0, 0.1) is 11.6 Å². The molecule has 106 valence electrons. The van der Waals surface area contributed by atoms with Gasteiger partial charge in [-0.05, 0) is 26.0 Å². The Morgan fingerprint density at radius 2 is 1.63 bits per heavy atom. The quantitative estimate of drug-likeness (QED) is 0.834. The molecule has 1 aromatic carbocycles. The third-order valence-electron chi connectivity index (χ3n) is 2.90. The first-order valence-corrected chi connectivity index (χ1v) is 7.36. The number of nitrogens with zero attached hydrogens (tertiary/aromatic N) is 1. The van der Waals surface area contributed by atoms with Gasteiger partial charge in [-0.1, -0.05) is 6.07 Å². The van der Waals surface area contributed by atoms with Crippen molar-refractivity contribution in [1.29, 1.82) is 0 Å². The Kier molecular flexibility index (Phi) is 3.89. The molecule has 1 fully saturated rings. The van der Waals surface area contributed by atoms with E-state index in [1.54, 1.807) is 13.8 Å². The molecule has 1 aliphatic heterocycles. The second kappa shape index (κ2) is 5.15. The van der Waals surface area contributed by atoms with E-state index < -0.39 is 26.6 Å². The van der Waals surface area contributed by atoms with Crippen LogP contribution in [0.2, 0.25) is 0 Å². The number of benzene rings is 1. The van der Waals surface area contributed by atoms with Crippen LogP contribution in [-0.2, 0) is 14.8 Å². The van der Waals surface area contributed by atoms with Gasteiger partial charge in [0.1, 0.15) is 11.6 Å². The van der Waals surface area contributed by atoms with Crippen LogP contribution in [-0.4, -0.2) is 38.0 Å². The van der Waals surface area contributed by atoms with E-state index in [2.05, 4.69) is 0 Å². The molecule has 0 radical (unpaired) electrons. The molecule has 1 heterocycles. The number of ether oxygens (including phenoxy) is 1. The van der Waals surface area contributed by atoms with E-state index in [9.17, 15) is 17.2 Å². The topological polar surface area (TPSA) is 46.6 Å². The second-order valence-corrected chi connectivity index (χ2v) is 6.50. The summed E-state index contributed by atoms with van der Waals surface area (Å²) < 4.78 is 58.3. The van der Waals surface area contributed by atoms with Gasteiger partial charge in [0.2, 0.25) is 10.0 Å². The predicted octanol–water partition coefficient (Wildman–Crippen LogP) is 1.76. The summed E-state index contributed by atoms with van der Waals surface area (Å²) in [6.45, 7) is 3.60. The Balaban J connectivity index is 2.42. The molecule has 0 aliphatic carbocycles. The van der Waals surface area contributed by atoms with Crippen LogP contribution in [0.1, 0.15) is 13.8 Å². The second-order valence-electron chi connectivity index (χ2n) is 4.63. The number of rotatable bonds is 2. The molecule has 0 amide bonds. The molecule has 0 N–H and O–H groups in total. The molecule has 0 spiro atoms. The van der Waals surface area contributed by atoms with Gasteiger partial charge in [-0.25, -0.2) is 17.2 Å². The molecule has 2 rings (SSSR count). The molecule has 2 atom stereocenters. The van der Waals surface area contributed by atoms with Gasteiger partial charge in [0.25, 0.3) is 0 Å². The van der Waals surface area contributed by atoms with Crippen LogP contribution < -0.4 is 0 Å². The maximum absolute atomic E-state index is 13.6. The molecule has 1 aromatic rings. The van der Waals surface area contributed by atoms with Crippen LogP contribution in [0.15, 0.2) is 23.1 Å². The highest BCUT2D eigenvalue weighted by Crippen LogP contribution is 2.25. The van der Waals surface area contributed by atoms with E-state index in [4.69, 9.17) is 4.74 Å². The molecule has 1 aliphatic rings. The van der Waals surface area contributed by atoms with Crippen molar-refractivity contribution in [3.8, 4) is 0 Å². The molecule has 19 heavy (non-hydrogen) atoms. The Morgan fingerprint density at radius 1 is 1.16 bits per heavy atom. The number of hydrogen-bond acceptors (Lipinski definition) is 3. The van der Waals surface area contributed by atoms with Gasteiger partial charge < -0.3 is 4.74 Å². The zero-order valence-corrected chi connectivity index (χ0v) is 11.5. The molecular formula is C12H15F2NO3S. The molecular weight excluding hydrogens is 276 g/mol. The average Bonchev–Trinajstić information content (AvgIpc) is 2.26. The summed E-state index contributed by atoms with van der Waals surface area (Å²) in [5.74, 6) is -2.15. The monoisotopic (exact) mass is 291 g/mol. The number of morpholine rings is 1. The first-order valence-electron chi connectivity index (χ1n) is 5.92. The van der Waals surface area contributed by atoms with Crippen LogP contribution in [0.5, 0.6) is 0 Å². The Morgan fingerprint density at radius 3 is 2.11 bits per heavy atom. The third-order valence-corrected chi connectivity index (χ3v) is 4.79. The minimum atomic E-state index is -4.19. The lowest BCUT2D eigenvalue weighted by Gasteiger charge is -2.34. The fourth-order valence-electron chi connectivity index (χ4n) is 2.19. The largest absolute Gasteiger partial charge is 0.373 e. The normalized spacial score (nSPS) is 25.5. The molecule has 0 aromatic heterocycles. The van der Waals surface area contributed by atoms with Crippen molar-refractivity contribution in [2.45, 2.75) is 31.0 Å². The van der Waals surface area contributed by atoms with Crippen molar-refractivity contribution in [3.05, 3.63) is 29.8 Å². The molecule has 0 unspecified atom stereocenters. The lowest BCUT2D eigenvalue weighted by molar-refractivity contribution is -0.0441. The summed E-state index contributed by atoms with van der Waals surface area (Å²) in [7, 11) is -4.19. The Bertz CT molecular complexity index is 546. The molecule has 4 nitrogen and oxygen atoms in total. The summed E-state index contributed by atoms with van der Waals surface area (Å²) in [5.41, 5.74) is 0. The fourth-order valence-corrected chi connectivity index (χ4v) is 3.88. The van der Waals surface area contributed by atoms with Gasteiger partial charge in [-0.3, -0.25) is 0 Å². The van der Waals surface area contributed by atoms with Gasteiger partial charge in [0.05, 0.1) is 12.2 Å². The van der Waals surface area contributed by atoms with Crippen LogP contribution in [0.25, 0.3) is 0 Å². The molecule has 0 bridgehead atoms. The van der Waals surface area contributed by atoms with Gasteiger partial charge in [0, 0.05) is 13.1 Å². The summed E-state index contributed by atoms with van der Waals surface area (Å²) in [6.07, 6.45) is -0.623. The summed E-state index contributed by atoms with van der Waals surface area (Å²) in [6, 6.07) is 3.00. The van der Waals surface area contributed by atoms with Crippen molar-refractivity contribution < 1.29 is 21.9 Å². The van der Waals surface area contributed by atoms with E-state index in [1.165, 1.54) is 0 Å². The SMILES string of the molecule is C[C@@H]1CN(S(=O)(=O)c2c(F)cccc2F)C[C@H](C)O1. The van der Waals surface area contributed by atoms with E-state index in [1.807, 2.05) is 0 Å². The lowest BCUT2D eigenvalue weighted by atomic mass is 10.3. The van der Waals surface area contributed by atoms with Crippen LogP contribution >= 0.6 is 0 Å². The Labute approximate surface area is 111 Å². The summed E-state index contributed by atoms with van der Waals surface area (Å²) in [4.78, 5) is -0.892. The Hall–Kier alpha value is -1.05. The molecule has 1 saturated heterocycles. The fraction of sp³-hybridized carbons (Fsp3) is 0.500. The summed E-state index contributed by atoms with van der Waals surface area (Å²) >= 11 is 0. The minimum Gasteiger partial charge on any atom is -0.373 e. The average molecular weight is 291 g/mol. The number of hydrogen-bond donors (Lipinski definition) is 0. The number of sulfonamides is 1. The van der Waals surface area contributed by atoms with E-state index >= 15 is 0 Å². The highest BCUT2D eigenvalue weighted by molar-refractivity contribution is 7.89. The van der Waals surface area contributed by atoms with Crippen molar-refractivity contribution in [1.82, 2.24) is 4.31 Å².